The number of hydrogen-bond donors (Lipinski definition) is 0. The van der Waals surface area contributed by atoms with Gasteiger partial charge in [-0.1, -0.05) is 59.5 Å². The summed E-state index contributed by atoms with van der Waals surface area (Å²) in [5, 5.41) is 0. The first-order valence-corrected chi connectivity index (χ1v) is 12.5. The van der Waals surface area contributed by atoms with Crippen molar-refractivity contribution in [1.29, 1.82) is 0 Å². The van der Waals surface area contributed by atoms with Crippen LogP contribution in [0.15, 0.2) is 114 Å². The van der Waals surface area contributed by atoms with E-state index in [9.17, 15) is 0 Å². The van der Waals surface area contributed by atoms with Crippen LogP contribution >= 0.6 is 0 Å². The first kappa shape index (κ1) is 28.9. The third kappa shape index (κ3) is 7.81. The molecule has 1 aliphatic rings. The molecule has 0 bridgehead atoms. The molecule has 4 aromatic carbocycles. The van der Waals surface area contributed by atoms with E-state index in [-0.39, 0.29) is 24.8 Å². The van der Waals surface area contributed by atoms with Crippen molar-refractivity contribution in [1.82, 2.24) is 0 Å². The summed E-state index contributed by atoms with van der Waals surface area (Å²) in [4.78, 5) is 0. The number of hydrogen-bond acceptors (Lipinski definition) is 1. The van der Waals surface area contributed by atoms with Crippen molar-refractivity contribution in [3.05, 3.63) is 138 Å². The van der Waals surface area contributed by atoms with Crippen LogP contribution in [0, 0.1) is 13.0 Å². The Morgan fingerprint density at radius 2 is 1.63 bits per heavy atom. The van der Waals surface area contributed by atoms with Gasteiger partial charge in [-0.05, 0) is 6.42 Å². The summed E-state index contributed by atoms with van der Waals surface area (Å²) in [6.07, 6.45) is 5.63. The second kappa shape index (κ2) is 14.9. The largest absolute Gasteiger partial charge is 0.179 e. The van der Waals surface area contributed by atoms with Gasteiger partial charge in [0.1, 0.15) is 0 Å². The van der Waals surface area contributed by atoms with E-state index in [1.54, 1.807) is 12.5 Å². The van der Waals surface area contributed by atoms with Crippen LogP contribution in [0.5, 0.6) is 0 Å². The molecule has 0 atom stereocenters. The fourth-order valence-electron chi connectivity index (χ4n) is 3.98. The minimum Gasteiger partial charge on any atom is -0.179 e. The Labute approximate surface area is 235 Å². The van der Waals surface area contributed by atoms with Crippen molar-refractivity contribution in [2.45, 2.75) is 19.8 Å². The zero-order valence-electron chi connectivity index (χ0n) is 19.5. The number of rotatable bonds is 3. The summed E-state index contributed by atoms with van der Waals surface area (Å²) in [7, 11) is 0. The van der Waals surface area contributed by atoms with Gasteiger partial charge in [-0.25, -0.2) is 0 Å². The van der Waals surface area contributed by atoms with E-state index < -0.39 is 0 Å². The van der Waals surface area contributed by atoms with Crippen LogP contribution in [-0.2, 0) is 37.1 Å². The van der Waals surface area contributed by atoms with Gasteiger partial charge in [-0.3, -0.25) is 0 Å². The molecule has 6 rings (SSSR count). The third-order valence-electron chi connectivity index (χ3n) is 5.66. The molecule has 1 heterocycles. The van der Waals surface area contributed by atoms with Crippen molar-refractivity contribution < 1.29 is 53.5 Å². The molecule has 176 valence electrons. The van der Waals surface area contributed by atoms with Crippen molar-refractivity contribution in [2.24, 2.45) is 0 Å². The maximum absolute atomic E-state index is 4.99. The molecule has 1 nitrogen and oxygen atoms in total. The van der Waals surface area contributed by atoms with Gasteiger partial charge in [-0.2, -0.15) is 35.9 Å². The van der Waals surface area contributed by atoms with E-state index in [0.717, 1.165) is 18.4 Å². The van der Waals surface area contributed by atoms with Crippen LogP contribution in [0.2, 0.25) is 0 Å². The summed E-state index contributed by atoms with van der Waals surface area (Å²) in [5.74, 6) is 0. The molecule has 35 heavy (non-hydrogen) atoms. The molecule has 0 amide bonds. The van der Waals surface area contributed by atoms with Gasteiger partial charge >= 0.3 is 70.3 Å². The van der Waals surface area contributed by atoms with Crippen molar-refractivity contribution in [3.8, 4) is 22.3 Å². The first-order valence-electron chi connectivity index (χ1n) is 11.1. The van der Waals surface area contributed by atoms with Crippen molar-refractivity contribution >= 4 is 3.71 Å². The van der Waals surface area contributed by atoms with Crippen LogP contribution in [0.4, 0.5) is 0 Å². The standard InChI is InChI=1S/C13H9.C10H9O.C8H8.2ClH.Zr/c1-3-7-12-10(5-1)9-11-6-2-4-8-13(11)12;1-8-3-2-4-10(8)9-5-6-11-7-9;1-2-8-6-4-3-5-7-8;;;/h1-5,7-8H,9H2;2-7H,1H3;1,3-7H,2H2;2*1H;/q2*-1;;;;+2/p-2. The predicted octanol–water partition coefficient (Wildman–Crippen LogP) is 1.62. The van der Waals surface area contributed by atoms with E-state index in [1.807, 2.05) is 18.2 Å². The maximum atomic E-state index is 4.99. The topological polar surface area (TPSA) is 13.1 Å². The smallest absolute Gasteiger partial charge is 0.0253 e. The van der Waals surface area contributed by atoms with E-state index >= 15 is 0 Å². The Morgan fingerprint density at radius 1 is 0.886 bits per heavy atom. The second-order valence-corrected chi connectivity index (χ2v) is 8.93. The molecule has 1 aliphatic carbocycles. The zero-order chi connectivity index (χ0) is 22.9. The van der Waals surface area contributed by atoms with Crippen LogP contribution in [0.25, 0.3) is 22.3 Å². The Bertz CT molecular complexity index is 1250. The average molecular weight is 577 g/mol. The maximum Gasteiger partial charge on any atom is -0.0253 e. The Morgan fingerprint density at radius 3 is 2.31 bits per heavy atom. The van der Waals surface area contributed by atoms with Crippen molar-refractivity contribution in [2.75, 3.05) is 0 Å². The molecule has 0 radical (unpaired) electrons. The minimum absolute atomic E-state index is 0. The number of aryl methyl sites for hydroxylation is 1. The van der Waals surface area contributed by atoms with Gasteiger partial charge < -0.3 is 29.2 Å². The van der Waals surface area contributed by atoms with Crippen LogP contribution in [-0.4, -0.2) is 3.71 Å². The molecular formula is C31H26Cl2OZr-2. The van der Waals surface area contributed by atoms with Gasteiger partial charge in [0, 0.05) is 12.5 Å². The van der Waals surface area contributed by atoms with E-state index in [2.05, 4.69) is 95.6 Å². The molecule has 0 saturated carbocycles. The number of fused-ring (bicyclic) bond motifs is 3. The molecule has 0 fully saturated rings. The Kier molecular flexibility index (Phi) is 12.3. The summed E-state index contributed by atoms with van der Waals surface area (Å²) in [5.41, 5.74) is 10.6. The summed E-state index contributed by atoms with van der Waals surface area (Å²) < 4.78 is 7.25. The molecule has 4 heteroatoms. The fraction of sp³-hybridized carbons (Fsp3) is 0.0968. The fourth-order valence-corrected chi connectivity index (χ4v) is 4.56. The van der Waals surface area contributed by atoms with Gasteiger partial charge in [-0.15, -0.1) is 23.3 Å². The number of halogens is 2. The molecule has 0 saturated heterocycles. The molecule has 0 N–H and O–H groups in total. The normalized spacial score (nSPS) is 10.1. The summed E-state index contributed by atoms with van der Waals surface area (Å²) >= 11 is 1.51. The molecule has 0 spiro atoms. The van der Waals surface area contributed by atoms with Crippen LogP contribution in [0.3, 0.4) is 0 Å². The summed E-state index contributed by atoms with van der Waals surface area (Å²) in [6, 6.07) is 36.8. The molecule has 1 aromatic heterocycles. The monoisotopic (exact) mass is 574 g/mol. The van der Waals surface area contributed by atoms with Gasteiger partial charge in [0.25, 0.3) is 0 Å². The summed E-state index contributed by atoms with van der Waals surface area (Å²) in [6.45, 7) is 2.10. The number of benzene rings is 3. The van der Waals surface area contributed by atoms with Gasteiger partial charge in [0.15, 0.2) is 0 Å². The van der Waals surface area contributed by atoms with E-state index in [4.69, 9.17) is 4.42 Å². The third-order valence-corrected chi connectivity index (χ3v) is 6.17. The van der Waals surface area contributed by atoms with Gasteiger partial charge in [0.2, 0.25) is 0 Å². The first-order chi connectivity index (χ1) is 16.3. The Balaban J connectivity index is 0.000000183. The van der Waals surface area contributed by atoms with Crippen LogP contribution < -0.4 is 24.8 Å². The van der Waals surface area contributed by atoms with Gasteiger partial charge in [0.05, 0.1) is 0 Å². The minimum atomic E-state index is 0. The molecule has 0 unspecified atom stereocenters. The average Bonchev–Trinajstić information content (AvgIpc) is 3.60. The van der Waals surface area contributed by atoms with Crippen LogP contribution in [0.1, 0.15) is 22.3 Å². The molecule has 0 aliphatic heterocycles. The second-order valence-electron chi connectivity index (χ2n) is 7.92. The van der Waals surface area contributed by atoms with Crippen molar-refractivity contribution in [3.63, 3.8) is 0 Å². The van der Waals surface area contributed by atoms with E-state index in [1.165, 1.54) is 63.2 Å². The number of furan rings is 1. The quantitative estimate of drug-likeness (QED) is 0.292. The van der Waals surface area contributed by atoms with E-state index in [0.29, 0.717) is 0 Å². The zero-order valence-corrected chi connectivity index (χ0v) is 23.5. The molecular weight excluding hydrogens is 550 g/mol. The Hall–Kier alpha value is -2.38. The molecule has 5 aromatic rings. The predicted molar refractivity (Wildman–Crippen MR) is 134 cm³/mol. The SMILES string of the molecule is Cc1ccc[c-]1-c1ccoc1.[Cl-].[Cl-].[Zr+2]=[CH]Cc1ccccc1.[c-]1cccc2c1Cc1ccccc1-2.